The molecule has 1 aromatic rings. The van der Waals surface area contributed by atoms with Crippen molar-refractivity contribution < 1.29 is 4.79 Å². The van der Waals surface area contributed by atoms with E-state index in [0.29, 0.717) is 17.0 Å². The van der Waals surface area contributed by atoms with Crippen LogP contribution in [0.2, 0.25) is 0 Å². The van der Waals surface area contributed by atoms with Crippen LogP contribution in [0, 0.1) is 0 Å². The minimum atomic E-state index is -0.128. The first-order chi connectivity index (χ1) is 9.28. The number of thioether (sulfide) groups is 1. The fraction of sp³-hybridized carbons (Fsp3) is 0.769. The number of aromatic nitrogens is 3. The first-order valence-electron chi connectivity index (χ1n) is 7.12. The lowest BCUT2D eigenvalue weighted by molar-refractivity contribution is 0.0928. The molecule has 0 spiro atoms. The van der Waals surface area contributed by atoms with E-state index in [0.717, 1.165) is 30.8 Å². The molecule has 6 heteroatoms. The van der Waals surface area contributed by atoms with Gasteiger partial charge < -0.3 is 5.32 Å². The van der Waals surface area contributed by atoms with Crippen LogP contribution in [-0.2, 0) is 0 Å². The number of aromatic amines is 1. The Labute approximate surface area is 117 Å². The third kappa shape index (κ3) is 2.94. The molecule has 104 valence electrons. The summed E-state index contributed by atoms with van der Waals surface area (Å²) in [6.45, 7) is 2.17. The molecule has 2 saturated carbocycles. The average molecular weight is 280 g/mol. The van der Waals surface area contributed by atoms with Gasteiger partial charge in [-0.3, -0.25) is 9.89 Å². The van der Waals surface area contributed by atoms with Crippen LogP contribution in [0.5, 0.6) is 0 Å². The molecule has 2 aliphatic carbocycles. The molecule has 2 N–H and O–H groups in total. The average Bonchev–Trinajstić information content (AvgIpc) is 2.97. The molecule has 0 bridgehead atoms. The highest BCUT2D eigenvalue weighted by Crippen LogP contribution is 2.37. The van der Waals surface area contributed by atoms with Gasteiger partial charge in [-0.05, 0) is 31.4 Å². The molecule has 0 radical (unpaired) electrons. The zero-order valence-electron chi connectivity index (χ0n) is 11.2. The maximum Gasteiger partial charge on any atom is 0.291 e. The molecule has 2 atom stereocenters. The van der Waals surface area contributed by atoms with Crippen LogP contribution in [0.1, 0.15) is 61.4 Å². The SMILES string of the molecule is CCSC1CCCC1NC(=O)c1n[nH]c(C2CC2)n1. The van der Waals surface area contributed by atoms with E-state index in [-0.39, 0.29) is 11.9 Å². The number of nitrogens with one attached hydrogen (secondary N) is 2. The van der Waals surface area contributed by atoms with Crippen molar-refractivity contribution in [2.75, 3.05) is 5.75 Å². The number of carbonyl (C=O) groups excluding carboxylic acids is 1. The quantitative estimate of drug-likeness (QED) is 0.866. The predicted octanol–water partition coefficient (Wildman–Crippen LogP) is 2.09. The second-order valence-electron chi connectivity index (χ2n) is 5.32. The highest BCUT2D eigenvalue weighted by Gasteiger charge is 2.31. The van der Waals surface area contributed by atoms with Gasteiger partial charge in [-0.25, -0.2) is 4.98 Å². The van der Waals surface area contributed by atoms with E-state index in [1.807, 2.05) is 11.8 Å². The minimum absolute atomic E-state index is 0.128. The minimum Gasteiger partial charge on any atom is -0.345 e. The van der Waals surface area contributed by atoms with Gasteiger partial charge >= 0.3 is 0 Å². The second kappa shape index (κ2) is 5.53. The summed E-state index contributed by atoms with van der Waals surface area (Å²) in [5.74, 6) is 2.65. The van der Waals surface area contributed by atoms with Crippen LogP contribution in [0.15, 0.2) is 0 Å². The predicted molar refractivity (Wildman–Crippen MR) is 75.4 cm³/mol. The normalized spacial score (nSPS) is 26.6. The smallest absolute Gasteiger partial charge is 0.291 e. The van der Waals surface area contributed by atoms with E-state index < -0.39 is 0 Å². The van der Waals surface area contributed by atoms with Crippen LogP contribution in [0.4, 0.5) is 0 Å². The number of amides is 1. The van der Waals surface area contributed by atoms with Crippen LogP contribution in [0.3, 0.4) is 0 Å². The number of hydrogen-bond acceptors (Lipinski definition) is 4. The largest absolute Gasteiger partial charge is 0.345 e. The maximum absolute atomic E-state index is 12.1. The van der Waals surface area contributed by atoms with Crippen LogP contribution in [0.25, 0.3) is 0 Å². The molecule has 19 heavy (non-hydrogen) atoms. The van der Waals surface area contributed by atoms with Gasteiger partial charge in [0.25, 0.3) is 5.91 Å². The van der Waals surface area contributed by atoms with E-state index >= 15 is 0 Å². The highest BCUT2D eigenvalue weighted by atomic mass is 32.2. The van der Waals surface area contributed by atoms with Crippen LogP contribution in [-0.4, -0.2) is 38.1 Å². The molecule has 5 nitrogen and oxygen atoms in total. The Balaban J connectivity index is 1.60. The summed E-state index contributed by atoms with van der Waals surface area (Å²) in [4.78, 5) is 16.4. The fourth-order valence-corrected chi connectivity index (χ4v) is 3.85. The molecule has 3 rings (SSSR count). The van der Waals surface area contributed by atoms with Gasteiger partial charge in [-0.2, -0.15) is 11.8 Å². The third-order valence-electron chi connectivity index (χ3n) is 3.82. The third-order valence-corrected chi connectivity index (χ3v) is 5.15. The summed E-state index contributed by atoms with van der Waals surface area (Å²) >= 11 is 1.94. The fourth-order valence-electron chi connectivity index (χ4n) is 2.65. The molecule has 1 aromatic heterocycles. The van der Waals surface area contributed by atoms with Crippen LogP contribution >= 0.6 is 11.8 Å². The van der Waals surface area contributed by atoms with Gasteiger partial charge in [0.1, 0.15) is 5.82 Å². The van der Waals surface area contributed by atoms with E-state index in [1.165, 1.54) is 12.8 Å². The topological polar surface area (TPSA) is 70.7 Å². The van der Waals surface area contributed by atoms with Crippen molar-refractivity contribution in [1.29, 1.82) is 0 Å². The van der Waals surface area contributed by atoms with Crippen molar-refractivity contribution in [2.45, 2.75) is 56.2 Å². The monoisotopic (exact) mass is 280 g/mol. The first-order valence-corrected chi connectivity index (χ1v) is 8.17. The highest BCUT2D eigenvalue weighted by molar-refractivity contribution is 7.99. The zero-order chi connectivity index (χ0) is 13.2. The number of rotatable bonds is 5. The Morgan fingerprint density at radius 3 is 3.00 bits per heavy atom. The van der Waals surface area contributed by atoms with Gasteiger partial charge in [0.15, 0.2) is 0 Å². The Morgan fingerprint density at radius 1 is 1.42 bits per heavy atom. The summed E-state index contributed by atoms with van der Waals surface area (Å²) < 4.78 is 0. The van der Waals surface area contributed by atoms with Crippen molar-refractivity contribution >= 4 is 17.7 Å². The van der Waals surface area contributed by atoms with E-state index in [4.69, 9.17) is 0 Å². The molecule has 0 aromatic carbocycles. The Bertz CT molecular complexity index is 457. The molecule has 0 aliphatic heterocycles. The van der Waals surface area contributed by atoms with Gasteiger partial charge in [0, 0.05) is 17.2 Å². The molecule has 2 fully saturated rings. The lowest BCUT2D eigenvalue weighted by Gasteiger charge is -2.19. The standard InChI is InChI=1S/C13H20N4OS/c1-2-19-10-5-3-4-9(10)14-13(18)12-15-11(16-17-12)8-6-7-8/h8-10H,2-7H2,1H3,(H,14,18)(H,15,16,17). The lowest BCUT2D eigenvalue weighted by Crippen LogP contribution is -2.39. The molecule has 0 saturated heterocycles. The summed E-state index contributed by atoms with van der Waals surface area (Å²) in [6, 6.07) is 0.278. The summed E-state index contributed by atoms with van der Waals surface area (Å²) in [5.41, 5.74) is 0. The first kappa shape index (κ1) is 13.0. The zero-order valence-corrected chi connectivity index (χ0v) is 12.0. The summed E-state index contributed by atoms with van der Waals surface area (Å²) in [5, 5.41) is 10.6. The van der Waals surface area contributed by atoms with Gasteiger partial charge in [0.05, 0.1) is 0 Å². The molecule has 1 heterocycles. The van der Waals surface area contributed by atoms with Gasteiger partial charge in [0.2, 0.25) is 5.82 Å². The Kier molecular flexibility index (Phi) is 3.77. The maximum atomic E-state index is 12.1. The van der Waals surface area contributed by atoms with Gasteiger partial charge in [-0.15, -0.1) is 5.10 Å². The van der Waals surface area contributed by atoms with Gasteiger partial charge in [-0.1, -0.05) is 13.3 Å². The Morgan fingerprint density at radius 2 is 2.26 bits per heavy atom. The van der Waals surface area contributed by atoms with E-state index in [2.05, 4.69) is 27.4 Å². The number of hydrogen-bond donors (Lipinski definition) is 2. The Hall–Kier alpha value is -1.04. The molecule has 2 aliphatic rings. The van der Waals surface area contributed by atoms with Crippen molar-refractivity contribution in [3.63, 3.8) is 0 Å². The van der Waals surface area contributed by atoms with Crippen molar-refractivity contribution in [1.82, 2.24) is 20.5 Å². The van der Waals surface area contributed by atoms with Crippen molar-refractivity contribution in [2.24, 2.45) is 0 Å². The second-order valence-corrected chi connectivity index (χ2v) is 6.84. The van der Waals surface area contributed by atoms with Crippen molar-refractivity contribution in [3.8, 4) is 0 Å². The lowest BCUT2D eigenvalue weighted by atomic mass is 10.2. The summed E-state index contributed by atoms with van der Waals surface area (Å²) in [7, 11) is 0. The summed E-state index contributed by atoms with van der Waals surface area (Å²) in [6.07, 6.45) is 5.79. The molecule has 2 unspecified atom stereocenters. The molecule has 1 amide bonds. The van der Waals surface area contributed by atoms with E-state index in [1.54, 1.807) is 0 Å². The van der Waals surface area contributed by atoms with E-state index in [9.17, 15) is 4.79 Å². The number of H-pyrrole nitrogens is 1. The molecular formula is C13H20N4OS. The van der Waals surface area contributed by atoms with Crippen molar-refractivity contribution in [3.05, 3.63) is 11.6 Å². The number of carbonyl (C=O) groups is 1. The number of nitrogens with zero attached hydrogens (tertiary/aromatic N) is 2. The van der Waals surface area contributed by atoms with Crippen LogP contribution < -0.4 is 5.32 Å². The molecular weight excluding hydrogens is 260 g/mol.